The summed E-state index contributed by atoms with van der Waals surface area (Å²) in [7, 11) is 0. The van der Waals surface area contributed by atoms with Crippen molar-refractivity contribution >= 4 is 0 Å². The molecule has 334 valence electrons. The van der Waals surface area contributed by atoms with E-state index in [1.165, 1.54) is 0 Å². The lowest BCUT2D eigenvalue weighted by molar-refractivity contribution is -0.327. The van der Waals surface area contributed by atoms with E-state index >= 15 is 0 Å². The molecule has 0 heterocycles. The summed E-state index contributed by atoms with van der Waals surface area (Å²) in [6.07, 6.45) is -10.5. The molecule has 0 radical (unpaired) electrons. The second kappa shape index (κ2) is 57.0. The largest absolute Gasteiger partial charge is 0.402 e. The highest BCUT2D eigenvalue weighted by Gasteiger charge is 2.64. The van der Waals surface area contributed by atoms with Gasteiger partial charge in [-0.15, -0.1) is 0 Å². The van der Waals surface area contributed by atoms with Crippen molar-refractivity contribution in [3.8, 4) is 0 Å². The summed E-state index contributed by atoms with van der Waals surface area (Å²) < 4.78 is 69.7. The molecule has 0 aliphatic rings. The van der Waals surface area contributed by atoms with Crippen molar-refractivity contribution in [2.75, 3.05) is 0 Å². The molecule has 0 saturated carbocycles. The summed E-state index contributed by atoms with van der Waals surface area (Å²) in [5.74, 6) is 0. The van der Waals surface area contributed by atoms with Crippen LogP contribution in [0, 0.1) is 10.8 Å². The van der Waals surface area contributed by atoms with Crippen molar-refractivity contribution < 1.29 is 26.3 Å². The molecule has 0 aliphatic heterocycles. The van der Waals surface area contributed by atoms with Crippen LogP contribution in [0.15, 0.2) is 182 Å². The van der Waals surface area contributed by atoms with Crippen molar-refractivity contribution in [1.29, 1.82) is 0 Å². The minimum atomic E-state index is -5.24. The van der Waals surface area contributed by atoms with Crippen LogP contribution in [0.2, 0.25) is 0 Å². The summed E-state index contributed by atoms with van der Waals surface area (Å²) in [6.45, 7) is 33.0. The normalized spacial score (nSPS) is 8.69. The van der Waals surface area contributed by atoms with Crippen molar-refractivity contribution in [3.63, 3.8) is 0 Å². The van der Waals surface area contributed by atoms with Gasteiger partial charge in [0.2, 0.25) is 0 Å². The first kappa shape index (κ1) is 71.4. The smallest absolute Gasteiger partial charge is 0.170 e. The Bertz CT molecular complexity index is 897. The lowest BCUT2D eigenvalue weighted by Crippen LogP contribution is -2.44. The van der Waals surface area contributed by atoms with Gasteiger partial charge in [-0.25, -0.2) is 0 Å². The third-order valence-electron chi connectivity index (χ3n) is 4.75. The van der Waals surface area contributed by atoms with E-state index in [4.69, 9.17) is 0 Å². The van der Waals surface area contributed by atoms with Gasteiger partial charge in [0, 0.05) is 0 Å². The number of alkyl halides is 6. The molecule has 0 fully saturated rings. The van der Waals surface area contributed by atoms with Crippen LogP contribution in [0.1, 0.15) is 125 Å². The van der Waals surface area contributed by atoms with Crippen molar-refractivity contribution in [2.45, 2.75) is 137 Å². The molecule has 0 amide bonds. The Morgan fingerprint density at radius 2 is 0.241 bits per heavy atom. The number of hydrogen-bond acceptors (Lipinski definition) is 0. The molecule has 0 nitrogen and oxygen atoms in total. The molecule has 0 bridgehead atoms. The molecule has 0 N–H and O–H groups in total. The molecule has 5 aromatic rings. The van der Waals surface area contributed by atoms with Gasteiger partial charge < -0.3 is 0 Å². The van der Waals surface area contributed by atoms with Gasteiger partial charge in [0.25, 0.3) is 0 Å². The van der Waals surface area contributed by atoms with Crippen molar-refractivity contribution in [3.05, 3.63) is 182 Å². The third-order valence-corrected chi connectivity index (χ3v) is 4.75. The van der Waals surface area contributed by atoms with Gasteiger partial charge in [0.15, 0.2) is 5.41 Å². The quantitative estimate of drug-likeness (QED) is 0.137. The standard InChI is InChI=1S/5C6H6.C5H6F6.C5H12.6C2H6/c5*1-2-4-6-5-3-1;1-3(2,4(6,7)8)5(9,10)11;1-5(2,3)4;6*1-2/h5*1-6H;1-2H3;1-4H3;6*1-2H3. The number of benzene rings is 5. The topological polar surface area (TPSA) is 0 Å². The maximum atomic E-state index is 11.6. The zero-order valence-corrected chi connectivity index (χ0v) is 39.6. The van der Waals surface area contributed by atoms with Gasteiger partial charge in [-0.2, -0.15) is 26.3 Å². The molecule has 0 aliphatic carbocycles. The highest BCUT2D eigenvalue weighted by molar-refractivity contribution is 5.01. The van der Waals surface area contributed by atoms with E-state index in [0.29, 0.717) is 5.41 Å². The molecule has 5 rings (SSSR count). The van der Waals surface area contributed by atoms with E-state index in [1.807, 2.05) is 265 Å². The minimum Gasteiger partial charge on any atom is -0.170 e. The van der Waals surface area contributed by atoms with E-state index < -0.39 is 17.8 Å². The summed E-state index contributed by atoms with van der Waals surface area (Å²) >= 11 is 0. The Balaban J connectivity index is -0.0000000810. The highest BCUT2D eigenvalue weighted by atomic mass is 19.4. The van der Waals surface area contributed by atoms with Gasteiger partial charge >= 0.3 is 12.4 Å². The van der Waals surface area contributed by atoms with E-state index in [9.17, 15) is 26.3 Å². The van der Waals surface area contributed by atoms with E-state index in [1.54, 1.807) is 0 Å². The molecule has 0 atom stereocenters. The van der Waals surface area contributed by atoms with Gasteiger partial charge in [0.05, 0.1) is 0 Å². The summed E-state index contributed by atoms with van der Waals surface area (Å²) in [4.78, 5) is 0. The van der Waals surface area contributed by atoms with Crippen LogP contribution in [0.4, 0.5) is 26.3 Å². The summed E-state index contributed by atoms with van der Waals surface area (Å²) in [5, 5.41) is 0. The first-order valence-electron chi connectivity index (χ1n) is 20.6. The molecular formula is C52H84F6. The molecule has 0 saturated heterocycles. The average Bonchev–Trinajstić information content (AvgIpc) is 3.28. The first-order valence-corrected chi connectivity index (χ1v) is 20.6. The summed E-state index contributed by atoms with van der Waals surface area (Å²) in [6, 6.07) is 60.0. The fraction of sp³-hybridized carbons (Fsp3) is 0.423. The molecular weight excluding hydrogens is 739 g/mol. The number of halogens is 6. The zero-order chi connectivity index (χ0) is 47.2. The maximum absolute atomic E-state index is 11.6. The van der Waals surface area contributed by atoms with Crippen molar-refractivity contribution in [1.82, 2.24) is 0 Å². The predicted octanol–water partition coefficient (Wildman–Crippen LogP) is 19.8. The lowest BCUT2D eigenvalue weighted by Gasteiger charge is -2.29. The molecule has 0 unspecified atom stereocenters. The number of rotatable bonds is 0. The molecule has 5 aromatic carbocycles. The monoisotopic (exact) mass is 823 g/mol. The molecule has 6 heteroatoms. The third kappa shape index (κ3) is 69.6. The van der Waals surface area contributed by atoms with Crippen LogP contribution in [-0.4, -0.2) is 12.4 Å². The fourth-order valence-corrected chi connectivity index (χ4v) is 2.09. The molecule has 0 spiro atoms. The first-order chi connectivity index (χ1) is 27.5. The fourth-order valence-electron chi connectivity index (χ4n) is 2.09. The summed E-state index contributed by atoms with van der Waals surface area (Å²) in [5.41, 5.74) is -3.12. The SMILES string of the molecule is CC.CC.CC.CC.CC.CC.CC(C)(C(F)(F)F)C(F)(F)F.CC(C)(C)C.c1ccccc1.c1ccccc1.c1ccccc1.c1ccccc1.c1ccccc1. The van der Waals surface area contributed by atoms with Gasteiger partial charge in [-0.3, -0.25) is 0 Å². The second-order valence-electron chi connectivity index (χ2n) is 11.4. The van der Waals surface area contributed by atoms with Gasteiger partial charge in [0.1, 0.15) is 0 Å². The highest BCUT2D eigenvalue weighted by Crippen LogP contribution is 2.49. The minimum absolute atomic E-state index is 0.104. The molecule has 0 aromatic heterocycles. The maximum Gasteiger partial charge on any atom is 0.402 e. The predicted molar refractivity (Wildman–Crippen MR) is 251 cm³/mol. The van der Waals surface area contributed by atoms with E-state index in [0.717, 1.165) is 0 Å². The van der Waals surface area contributed by atoms with Crippen LogP contribution in [0.3, 0.4) is 0 Å². The number of hydrogen-bond donors (Lipinski definition) is 0. The van der Waals surface area contributed by atoms with Gasteiger partial charge in [-0.1, -0.05) is 293 Å². The second-order valence-corrected chi connectivity index (χ2v) is 11.4. The Morgan fingerprint density at radius 3 is 0.259 bits per heavy atom. The van der Waals surface area contributed by atoms with Gasteiger partial charge in [-0.05, 0) is 19.3 Å². The van der Waals surface area contributed by atoms with Crippen LogP contribution >= 0.6 is 0 Å². The average molecular weight is 823 g/mol. The van der Waals surface area contributed by atoms with Crippen LogP contribution in [0.5, 0.6) is 0 Å². The Hall–Kier alpha value is -4.32. The Labute approximate surface area is 355 Å². The van der Waals surface area contributed by atoms with E-state index in [2.05, 4.69) is 27.7 Å². The Morgan fingerprint density at radius 1 is 0.190 bits per heavy atom. The zero-order valence-electron chi connectivity index (χ0n) is 39.6. The lowest BCUT2D eigenvalue weighted by atomic mass is 9.92. The van der Waals surface area contributed by atoms with Crippen LogP contribution < -0.4 is 0 Å². The van der Waals surface area contributed by atoms with Crippen LogP contribution in [-0.2, 0) is 0 Å². The van der Waals surface area contributed by atoms with E-state index in [-0.39, 0.29) is 13.8 Å². The Kier molecular flexibility index (Phi) is 70.2. The van der Waals surface area contributed by atoms with Crippen molar-refractivity contribution in [2.24, 2.45) is 10.8 Å². The molecule has 58 heavy (non-hydrogen) atoms. The van der Waals surface area contributed by atoms with Crippen LogP contribution in [0.25, 0.3) is 0 Å².